The minimum Gasteiger partial charge on any atom is -0.310 e. The summed E-state index contributed by atoms with van der Waals surface area (Å²) in [6.07, 6.45) is 0. The monoisotopic (exact) mass is 617 g/mol. The highest BCUT2D eigenvalue weighted by Crippen LogP contribution is 2.53. The molecule has 7 aromatic rings. The molecular weight excluding hydrogens is 579 g/mol. The zero-order valence-electron chi connectivity index (χ0n) is 28.3. The van der Waals surface area contributed by atoms with Gasteiger partial charge in [-0.15, -0.1) is 0 Å². The van der Waals surface area contributed by atoms with Gasteiger partial charge in [0.05, 0.1) is 0 Å². The minimum atomic E-state index is -0.0792. The molecule has 0 aliphatic heterocycles. The van der Waals surface area contributed by atoms with Crippen molar-refractivity contribution < 1.29 is 0 Å². The number of anilines is 3. The van der Waals surface area contributed by atoms with E-state index in [1.54, 1.807) is 0 Å². The summed E-state index contributed by atoms with van der Waals surface area (Å²) in [4.78, 5) is 2.48. The van der Waals surface area contributed by atoms with Crippen LogP contribution < -0.4 is 4.90 Å². The third kappa shape index (κ3) is 4.17. The van der Waals surface area contributed by atoms with Crippen LogP contribution in [0.2, 0.25) is 0 Å². The Labute approximate surface area is 284 Å². The number of hydrogen-bond acceptors (Lipinski definition) is 1. The first kappa shape index (κ1) is 28.8. The van der Waals surface area contributed by atoms with Crippen LogP contribution in [0, 0.1) is 6.92 Å². The Balaban J connectivity index is 1.22. The van der Waals surface area contributed by atoms with Crippen molar-refractivity contribution >= 4 is 27.8 Å². The Kier molecular flexibility index (Phi) is 6.18. The van der Waals surface area contributed by atoms with Crippen molar-refractivity contribution in [3.05, 3.63) is 173 Å². The maximum atomic E-state index is 2.48. The van der Waals surface area contributed by atoms with Crippen LogP contribution in [0.4, 0.5) is 17.1 Å². The van der Waals surface area contributed by atoms with Gasteiger partial charge >= 0.3 is 0 Å². The van der Waals surface area contributed by atoms with Gasteiger partial charge in [0.15, 0.2) is 0 Å². The predicted octanol–water partition coefficient (Wildman–Crippen LogP) is 12.9. The van der Waals surface area contributed by atoms with E-state index in [9.17, 15) is 0 Å². The van der Waals surface area contributed by atoms with Crippen LogP contribution >= 0.6 is 0 Å². The molecule has 2 aliphatic rings. The topological polar surface area (TPSA) is 3.24 Å². The molecule has 0 saturated carbocycles. The van der Waals surface area contributed by atoms with Crippen LogP contribution in [0.3, 0.4) is 0 Å². The molecule has 0 fully saturated rings. The van der Waals surface area contributed by atoms with Crippen molar-refractivity contribution in [3.8, 4) is 33.4 Å². The largest absolute Gasteiger partial charge is 0.310 e. The Hall–Kier alpha value is -5.40. The van der Waals surface area contributed by atoms with Gasteiger partial charge in [-0.25, -0.2) is 0 Å². The summed E-state index contributed by atoms with van der Waals surface area (Å²) < 4.78 is 0. The van der Waals surface area contributed by atoms with Crippen LogP contribution in [-0.4, -0.2) is 0 Å². The number of benzene rings is 7. The quantitative estimate of drug-likeness (QED) is 0.190. The van der Waals surface area contributed by atoms with Crippen molar-refractivity contribution in [2.24, 2.45) is 0 Å². The van der Waals surface area contributed by atoms with Gasteiger partial charge in [0.25, 0.3) is 0 Å². The molecule has 0 saturated heterocycles. The van der Waals surface area contributed by atoms with Gasteiger partial charge in [0.2, 0.25) is 0 Å². The van der Waals surface area contributed by atoms with Crippen molar-refractivity contribution in [2.75, 3.05) is 4.90 Å². The first-order chi connectivity index (χ1) is 23.2. The van der Waals surface area contributed by atoms with Crippen molar-refractivity contribution in [1.29, 1.82) is 0 Å². The molecule has 1 nitrogen and oxygen atoms in total. The molecule has 232 valence electrons. The van der Waals surface area contributed by atoms with Crippen LogP contribution in [0.15, 0.2) is 146 Å². The summed E-state index contributed by atoms with van der Waals surface area (Å²) in [6.45, 7) is 11.7. The predicted molar refractivity (Wildman–Crippen MR) is 204 cm³/mol. The highest BCUT2D eigenvalue weighted by atomic mass is 15.1. The van der Waals surface area contributed by atoms with Crippen LogP contribution in [0.25, 0.3) is 44.2 Å². The third-order valence-electron chi connectivity index (χ3n) is 11.2. The van der Waals surface area contributed by atoms with Gasteiger partial charge in [-0.3, -0.25) is 0 Å². The fraction of sp³-hybridized carbons (Fsp3) is 0.149. The Morgan fingerprint density at radius 1 is 0.396 bits per heavy atom. The van der Waals surface area contributed by atoms with E-state index in [1.165, 1.54) is 89.0 Å². The standard InChI is InChI=1S/C47H39N/c1-30-26-33(34-19-18-31-12-6-7-13-32(31)27-34)20-25-45(30)48(35-21-23-39-37-14-8-10-16-41(37)46(2,3)43(39)28-35)36-22-24-40-38-15-9-11-17-42(38)47(4,5)44(40)29-36/h6-29H,1-5H3. The smallest absolute Gasteiger partial charge is 0.0491 e. The Bertz CT molecular complexity index is 2320. The molecule has 7 aromatic carbocycles. The van der Waals surface area contributed by atoms with E-state index < -0.39 is 0 Å². The first-order valence-electron chi connectivity index (χ1n) is 17.1. The van der Waals surface area contributed by atoms with Gasteiger partial charge in [0.1, 0.15) is 0 Å². The van der Waals surface area contributed by atoms with E-state index in [-0.39, 0.29) is 10.8 Å². The summed E-state index contributed by atoms with van der Waals surface area (Å²) in [7, 11) is 0. The van der Waals surface area contributed by atoms with Crippen molar-refractivity contribution in [1.82, 2.24) is 0 Å². The highest BCUT2D eigenvalue weighted by molar-refractivity contribution is 5.91. The van der Waals surface area contributed by atoms with Crippen LogP contribution in [0.1, 0.15) is 55.5 Å². The fourth-order valence-electron chi connectivity index (χ4n) is 8.54. The fourth-order valence-corrected chi connectivity index (χ4v) is 8.54. The van der Waals surface area contributed by atoms with Gasteiger partial charge in [0, 0.05) is 27.9 Å². The molecule has 0 spiro atoms. The van der Waals surface area contributed by atoms with E-state index in [4.69, 9.17) is 0 Å². The number of hydrogen-bond donors (Lipinski definition) is 0. The zero-order chi connectivity index (χ0) is 32.8. The molecule has 1 heteroatoms. The molecule has 0 unspecified atom stereocenters. The minimum absolute atomic E-state index is 0.0792. The average molecular weight is 618 g/mol. The average Bonchev–Trinajstić information content (AvgIpc) is 3.48. The van der Waals surface area contributed by atoms with E-state index in [0.717, 1.165) is 0 Å². The highest BCUT2D eigenvalue weighted by Gasteiger charge is 2.37. The second kappa shape index (κ2) is 10.3. The maximum Gasteiger partial charge on any atom is 0.0491 e. The second-order valence-corrected chi connectivity index (χ2v) is 14.7. The number of fused-ring (bicyclic) bond motifs is 7. The van der Waals surface area contributed by atoms with Gasteiger partial charge in [-0.05, 0) is 121 Å². The third-order valence-corrected chi connectivity index (χ3v) is 11.2. The molecule has 2 aliphatic carbocycles. The van der Waals surface area contributed by atoms with E-state index >= 15 is 0 Å². The molecule has 0 radical (unpaired) electrons. The van der Waals surface area contributed by atoms with Crippen molar-refractivity contribution in [2.45, 2.75) is 45.4 Å². The lowest BCUT2D eigenvalue weighted by Gasteiger charge is -2.31. The summed E-state index contributed by atoms with van der Waals surface area (Å²) in [5.41, 5.74) is 18.1. The zero-order valence-corrected chi connectivity index (χ0v) is 28.3. The number of rotatable bonds is 4. The number of nitrogens with zero attached hydrogens (tertiary/aromatic N) is 1. The summed E-state index contributed by atoms with van der Waals surface area (Å²) in [6, 6.07) is 54.4. The second-order valence-electron chi connectivity index (χ2n) is 14.7. The summed E-state index contributed by atoms with van der Waals surface area (Å²) in [5, 5.41) is 2.53. The molecule has 0 heterocycles. The normalized spacial score (nSPS) is 14.7. The molecule has 0 amide bonds. The lowest BCUT2D eigenvalue weighted by Crippen LogP contribution is -2.18. The molecule has 48 heavy (non-hydrogen) atoms. The molecule has 0 aromatic heterocycles. The van der Waals surface area contributed by atoms with Gasteiger partial charge in [-0.1, -0.05) is 131 Å². The molecule has 9 rings (SSSR count). The number of aryl methyl sites for hydroxylation is 1. The Morgan fingerprint density at radius 2 is 0.875 bits per heavy atom. The van der Waals surface area contributed by atoms with Crippen LogP contribution in [0.5, 0.6) is 0 Å². The summed E-state index contributed by atoms with van der Waals surface area (Å²) in [5.74, 6) is 0. The molecular formula is C47H39N. The first-order valence-corrected chi connectivity index (χ1v) is 17.1. The molecule has 0 bridgehead atoms. The van der Waals surface area contributed by atoms with Gasteiger partial charge in [-0.2, -0.15) is 0 Å². The maximum absolute atomic E-state index is 2.48. The Morgan fingerprint density at radius 3 is 1.46 bits per heavy atom. The van der Waals surface area contributed by atoms with E-state index in [0.29, 0.717) is 0 Å². The van der Waals surface area contributed by atoms with E-state index in [2.05, 4.69) is 185 Å². The van der Waals surface area contributed by atoms with Crippen LogP contribution in [-0.2, 0) is 10.8 Å². The van der Waals surface area contributed by atoms with Crippen molar-refractivity contribution in [3.63, 3.8) is 0 Å². The van der Waals surface area contributed by atoms with Gasteiger partial charge < -0.3 is 4.90 Å². The summed E-state index contributed by atoms with van der Waals surface area (Å²) >= 11 is 0. The molecule has 0 N–H and O–H groups in total. The lowest BCUT2D eigenvalue weighted by molar-refractivity contribution is 0.660. The van der Waals surface area contributed by atoms with E-state index in [1.807, 2.05) is 0 Å². The molecule has 0 atom stereocenters. The lowest BCUT2D eigenvalue weighted by atomic mass is 9.82. The SMILES string of the molecule is Cc1cc(-c2ccc3ccccc3c2)ccc1N(c1ccc2c(c1)C(C)(C)c1ccccc1-2)c1ccc2c(c1)C(C)(C)c1ccccc1-2.